The molecule has 1 aromatic heterocycles. The van der Waals surface area contributed by atoms with Gasteiger partial charge in [-0.15, -0.1) is 5.10 Å². The zero-order valence-corrected chi connectivity index (χ0v) is 8.56. The highest BCUT2D eigenvalue weighted by atomic mass is 16.4. The summed E-state index contributed by atoms with van der Waals surface area (Å²) in [5.74, 6) is 0.818. The third-order valence-electron chi connectivity index (χ3n) is 2.12. The summed E-state index contributed by atoms with van der Waals surface area (Å²) in [5, 5.41) is 10.1. The van der Waals surface area contributed by atoms with Gasteiger partial charge in [-0.1, -0.05) is 5.10 Å². The lowest BCUT2D eigenvalue weighted by molar-refractivity contribution is -0.116. The van der Waals surface area contributed by atoms with Crippen LogP contribution in [0.1, 0.15) is 38.0 Å². The SMILES string of the molecule is CC(N)CC(=O)Nc1nnc(C2CC2)o1. The number of rotatable bonds is 4. The Hall–Kier alpha value is -1.43. The maximum atomic E-state index is 11.3. The molecule has 1 aliphatic carbocycles. The number of anilines is 1. The predicted octanol–water partition coefficient (Wildman–Crippen LogP) is 0.623. The van der Waals surface area contributed by atoms with Gasteiger partial charge in [-0.05, 0) is 19.8 Å². The zero-order valence-electron chi connectivity index (χ0n) is 8.56. The van der Waals surface area contributed by atoms with Gasteiger partial charge in [0.2, 0.25) is 11.8 Å². The number of hydrogen-bond donors (Lipinski definition) is 2. The van der Waals surface area contributed by atoms with Crippen molar-refractivity contribution >= 4 is 11.9 Å². The van der Waals surface area contributed by atoms with E-state index in [2.05, 4.69) is 15.5 Å². The molecule has 0 aromatic carbocycles. The van der Waals surface area contributed by atoms with Gasteiger partial charge >= 0.3 is 6.01 Å². The number of nitrogens with one attached hydrogen (secondary N) is 1. The lowest BCUT2D eigenvalue weighted by atomic mass is 10.2. The number of nitrogens with zero attached hydrogens (tertiary/aromatic N) is 2. The van der Waals surface area contributed by atoms with Crippen molar-refractivity contribution in [3.63, 3.8) is 0 Å². The van der Waals surface area contributed by atoms with Gasteiger partial charge in [0.05, 0.1) is 0 Å². The lowest BCUT2D eigenvalue weighted by Crippen LogP contribution is -2.24. The first-order chi connectivity index (χ1) is 7.15. The number of carbonyl (C=O) groups excluding carboxylic acids is 1. The molecule has 15 heavy (non-hydrogen) atoms. The highest BCUT2D eigenvalue weighted by Gasteiger charge is 2.29. The summed E-state index contributed by atoms with van der Waals surface area (Å²) in [6.45, 7) is 1.77. The van der Waals surface area contributed by atoms with Gasteiger partial charge in [-0.25, -0.2) is 0 Å². The topological polar surface area (TPSA) is 94.0 Å². The van der Waals surface area contributed by atoms with Crippen LogP contribution in [0.25, 0.3) is 0 Å². The number of amides is 1. The first-order valence-corrected chi connectivity index (χ1v) is 5.04. The Labute approximate surface area is 87.2 Å². The Kier molecular flexibility index (Phi) is 2.68. The third-order valence-corrected chi connectivity index (χ3v) is 2.12. The van der Waals surface area contributed by atoms with E-state index in [0.29, 0.717) is 11.8 Å². The molecule has 1 aliphatic rings. The standard InChI is InChI=1S/C9H14N4O2/c1-5(10)4-7(14)11-9-13-12-8(15-9)6-2-3-6/h5-6H,2-4,10H2,1H3,(H,11,13,14). The van der Waals surface area contributed by atoms with E-state index in [0.717, 1.165) is 12.8 Å². The summed E-state index contributed by atoms with van der Waals surface area (Å²) in [4.78, 5) is 11.3. The molecule has 82 valence electrons. The third kappa shape index (κ3) is 2.76. The molecule has 1 amide bonds. The molecule has 6 nitrogen and oxygen atoms in total. The average Bonchev–Trinajstić information content (AvgIpc) is 2.87. The van der Waals surface area contributed by atoms with Gasteiger partial charge in [0.25, 0.3) is 0 Å². The van der Waals surface area contributed by atoms with E-state index in [1.165, 1.54) is 0 Å². The number of carbonyl (C=O) groups is 1. The summed E-state index contributed by atoms with van der Waals surface area (Å²) >= 11 is 0. The molecule has 2 rings (SSSR count). The molecule has 6 heteroatoms. The Morgan fingerprint density at radius 2 is 2.40 bits per heavy atom. The van der Waals surface area contributed by atoms with Crippen LogP contribution in [0.15, 0.2) is 4.42 Å². The average molecular weight is 210 g/mol. The second kappa shape index (κ2) is 3.98. The molecule has 0 radical (unpaired) electrons. The van der Waals surface area contributed by atoms with Gasteiger partial charge in [0.1, 0.15) is 0 Å². The van der Waals surface area contributed by atoms with Gasteiger partial charge in [-0.3, -0.25) is 10.1 Å². The van der Waals surface area contributed by atoms with Crippen LogP contribution in [0.5, 0.6) is 0 Å². The van der Waals surface area contributed by atoms with E-state index in [4.69, 9.17) is 10.2 Å². The van der Waals surface area contributed by atoms with Crippen LogP contribution in [-0.2, 0) is 4.79 Å². The van der Waals surface area contributed by atoms with E-state index in [1.807, 2.05) is 0 Å². The molecule has 3 N–H and O–H groups in total. The smallest absolute Gasteiger partial charge is 0.322 e. The van der Waals surface area contributed by atoms with Crippen LogP contribution in [-0.4, -0.2) is 22.1 Å². The molecule has 1 saturated carbocycles. The summed E-state index contributed by atoms with van der Waals surface area (Å²) in [6, 6.07) is -0.00151. The number of aromatic nitrogens is 2. The summed E-state index contributed by atoms with van der Waals surface area (Å²) < 4.78 is 5.26. The van der Waals surface area contributed by atoms with Crippen molar-refractivity contribution in [1.82, 2.24) is 10.2 Å². The first kappa shape index (κ1) is 10.1. The summed E-state index contributed by atoms with van der Waals surface area (Å²) in [6.07, 6.45) is 2.44. The quantitative estimate of drug-likeness (QED) is 0.759. The Morgan fingerprint density at radius 1 is 1.67 bits per heavy atom. The summed E-state index contributed by atoms with van der Waals surface area (Å²) in [5.41, 5.74) is 5.48. The van der Waals surface area contributed by atoms with E-state index >= 15 is 0 Å². The molecular formula is C9H14N4O2. The van der Waals surface area contributed by atoms with Crippen molar-refractivity contribution in [2.75, 3.05) is 5.32 Å². The van der Waals surface area contributed by atoms with Crippen molar-refractivity contribution in [2.24, 2.45) is 5.73 Å². The molecule has 0 aliphatic heterocycles. The fraction of sp³-hybridized carbons (Fsp3) is 0.667. The molecule has 0 spiro atoms. The minimum atomic E-state index is -0.198. The van der Waals surface area contributed by atoms with Crippen molar-refractivity contribution < 1.29 is 9.21 Å². The monoisotopic (exact) mass is 210 g/mol. The first-order valence-electron chi connectivity index (χ1n) is 5.04. The maximum Gasteiger partial charge on any atom is 0.322 e. The molecule has 0 bridgehead atoms. The Bertz CT molecular complexity index is 357. The Morgan fingerprint density at radius 3 is 3.00 bits per heavy atom. The van der Waals surface area contributed by atoms with Crippen molar-refractivity contribution in [2.45, 2.75) is 38.1 Å². The van der Waals surface area contributed by atoms with Crippen LogP contribution in [0.2, 0.25) is 0 Å². The minimum absolute atomic E-state index is 0.169. The van der Waals surface area contributed by atoms with Crippen molar-refractivity contribution in [3.05, 3.63) is 5.89 Å². The van der Waals surface area contributed by atoms with E-state index < -0.39 is 0 Å². The van der Waals surface area contributed by atoms with E-state index in [1.54, 1.807) is 6.92 Å². The fourth-order valence-corrected chi connectivity index (χ4v) is 1.24. The van der Waals surface area contributed by atoms with Gasteiger partial charge in [-0.2, -0.15) is 0 Å². The van der Waals surface area contributed by atoms with Crippen LogP contribution < -0.4 is 11.1 Å². The molecule has 1 heterocycles. The Balaban J connectivity index is 1.89. The van der Waals surface area contributed by atoms with Crippen LogP contribution in [0.4, 0.5) is 6.01 Å². The molecule has 1 atom stereocenters. The number of hydrogen-bond acceptors (Lipinski definition) is 5. The highest BCUT2D eigenvalue weighted by molar-refractivity contribution is 5.88. The molecule has 1 aromatic rings. The predicted molar refractivity (Wildman–Crippen MR) is 53.2 cm³/mol. The van der Waals surface area contributed by atoms with Crippen LogP contribution >= 0.6 is 0 Å². The van der Waals surface area contributed by atoms with Crippen molar-refractivity contribution in [1.29, 1.82) is 0 Å². The van der Waals surface area contributed by atoms with E-state index in [-0.39, 0.29) is 24.4 Å². The minimum Gasteiger partial charge on any atom is -0.408 e. The second-order valence-electron chi connectivity index (χ2n) is 3.95. The zero-order chi connectivity index (χ0) is 10.8. The van der Waals surface area contributed by atoms with Crippen LogP contribution in [0, 0.1) is 0 Å². The fourth-order valence-electron chi connectivity index (χ4n) is 1.24. The molecule has 1 fully saturated rings. The largest absolute Gasteiger partial charge is 0.408 e. The maximum absolute atomic E-state index is 11.3. The lowest BCUT2D eigenvalue weighted by Gasteiger charge is -2.02. The van der Waals surface area contributed by atoms with Crippen molar-refractivity contribution in [3.8, 4) is 0 Å². The van der Waals surface area contributed by atoms with Gasteiger partial charge in [0, 0.05) is 18.4 Å². The second-order valence-corrected chi connectivity index (χ2v) is 3.95. The van der Waals surface area contributed by atoms with Crippen LogP contribution in [0.3, 0.4) is 0 Å². The molecule has 0 saturated heterocycles. The van der Waals surface area contributed by atoms with Gasteiger partial charge in [0.15, 0.2) is 0 Å². The number of nitrogens with two attached hydrogens (primary N) is 1. The van der Waals surface area contributed by atoms with Gasteiger partial charge < -0.3 is 10.2 Å². The normalized spacial score (nSPS) is 17.5. The molecule has 1 unspecified atom stereocenters. The summed E-state index contributed by atoms with van der Waals surface area (Å²) in [7, 11) is 0. The van der Waals surface area contributed by atoms with E-state index in [9.17, 15) is 4.79 Å². The molecular weight excluding hydrogens is 196 g/mol. The highest BCUT2D eigenvalue weighted by Crippen LogP contribution is 2.39.